The summed E-state index contributed by atoms with van der Waals surface area (Å²) in [5.74, 6) is -0.115. The van der Waals surface area contributed by atoms with E-state index in [1.54, 1.807) is 18.6 Å². The molecule has 0 aliphatic rings. The van der Waals surface area contributed by atoms with E-state index in [1.165, 1.54) is 0 Å². The van der Waals surface area contributed by atoms with Crippen LogP contribution >= 0.6 is 0 Å². The van der Waals surface area contributed by atoms with Crippen LogP contribution in [0.1, 0.15) is 42.6 Å². The Balaban J connectivity index is 2.04. The molecule has 0 saturated heterocycles. The van der Waals surface area contributed by atoms with Crippen LogP contribution in [0.15, 0.2) is 43.0 Å². The number of nitrogens with one attached hydrogen (secondary N) is 1. The summed E-state index contributed by atoms with van der Waals surface area (Å²) >= 11 is 0. The van der Waals surface area contributed by atoms with Crippen LogP contribution in [-0.4, -0.2) is 29.0 Å². The summed E-state index contributed by atoms with van der Waals surface area (Å²) in [4.78, 5) is 22.9. The molecule has 1 amide bonds. The zero-order valence-corrected chi connectivity index (χ0v) is 13.8. The maximum Gasteiger partial charge on any atom is 0.253 e. The number of pyridine rings is 2. The Morgan fingerprint density at radius 1 is 1.13 bits per heavy atom. The molecule has 2 heterocycles. The number of rotatable bonds is 8. The van der Waals surface area contributed by atoms with Gasteiger partial charge in [-0.3, -0.25) is 14.8 Å². The standard InChI is InChI=1S/C18H24N4O/c1-3-8-22(9-4-2)17-10-16(13-20-14-17)18(23)21-12-15-6-5-7-19-11-15/h5-7,10-11,13-14H,3-4,8-9,12H2,1-2H3,(H,21,23). The number of aromatic nitrogens is 2. The van der Waals surface area contributed by atoms with Gasteiger partial charge in [0, 0.05) is 38.2 Å². The number of amides is 1. The van der Waals surface area contributed by atoms with E-state index in [9.17, 15) is 4.79 Å². The molecule has 0 fully saturated rings. The number of hydrogen-bond acceptors (Lipinski definition) is 4. The topological polar surface area (TPSA) is 58.1 Å². The van der Waals surface area contributed by atoms with Crippen molar-refractivity contribution in [3.63, 3.8) is 0 Å². The Labute approximate surface area is 137 Å². The molecule has 5 heteroatoms. The zero-order chi connectivity index (χ0) is 16.5. The molecule has 0 aromatic carbocycles. The summed E-state index contributed by atoms with van der Waals surface area (Å²) in [5.41, 5.74) is 2.56. The van der Waals surface area contributed by atoms with E-state index in [1.807, 2.05) is 24.4 Å². The smallest absolute Gasteiger partial charge is 0.253 e. The highest BCUT2D eigenvalue weighted by Gasteiger charge is 2.10. The predicted molar refractivity (Wildman–Crippen MR) is 92.4 cm³/mol. The number of carbonyl (C=O) groups excluding carboxylic acids is 1. The highest BCUT2D eigenvalue weighted by molar-refractivity contribution is 5.94. The number of anilines is 1. The van der Waals surface area contributed by atoms with Crippen molar-refractivity contribution in [1.82, 2.24) is 15.3 Å². The van der Waals surface area contributed by atoms with E-state index in [0.29, 0.717) is 12.1 Å². The van der Waals surface area contributed by atoms with Crippen molar-refractivity contribution < 1.29 is 4.79 Å². The maximum atomic E-state index is 12.3. The first-order chi connectivity index (χ1) is 11.2. The molecule has 0 aliphatic heterocycles. The fourth-order valence-corrected chi connectivity index (χ4v) is 2.42. The van der Waals surface area contributed by atoms with Crippen LogP contribution in [0.2, 0.25) is 0 Å². The van der Waals surface area contributed by atoms with Gasteiger partial charge in [-0.05, 0) is 30.5 Å². The molecule has 0 radical (unpaired) electrons. The van der Waals surface area contributed by atoms with Crippen LogP contribution in [-0.2, 0) is 6.54 Å². The van der Waals surface area contributed by atoms with Gasteiger partial charge in [-0.1, -0.05) is 19.9 Å². The maximum absolute atomic E-state index is 12.3. The zero-order valence-electron chi connectivity index (χ0n) is 13.8. The first-order valence-corrected chi connectivity index (χ1v) is 8.11. The van der Waals surface area contributed by atoms with Crippen molar-refractivity contribution in [1.29, 1.82) is 0 Å². The molecule has 0 spiro atoms. The molecule has 0 atom stereocenters. The molecule has 1 N–H and O–H groups in total. The SMILES string of the molecule is CCCN(CCC)c1cncc(C(=O)NCc2cccnc2)c1. The van der Waals surface area contributed by atoms with Crippen LogP contribution in [0.5, 0.6) is 0 Å². The second kappa shape index (κ2) is 8.88. The van der Waals surface area contributed by atoms with E-state index in [-0.39, 0.29) is 5.91 Å². The Hall–Kier alpha value is -2.43. The molecular weight excluding hydrogens is 288 g/mol. The van der Waals surface area contributed by atoms with Crippen LogP contribution in [0.25, 0.3) is 0 Å². The fourth-order valence-electron chi connectivity index (χ4n) is 2.42. The van der Waals surface area contributed by atoms with E-state index in [4.69, 9.17) is 0 Å². The van der Waals surface area contributed by atoms with Crippen molar-refractivity contribution in [2.45, 2.75) is 33.2 Å². The molecule has 23 heavy (non-hydrogen) atoms. The molecule has 0 saturated carbocycles. The summed E-state index contributed by atoms with van der Waals surface area (Å²) in [6, 6.07) is 5.71. The molecular formula is C18H24N4O. The highest BCUT2D eigenvalue weighted by atomic mass is 16.1. The van der Waals surface area contributed by atoms with Gasteiger partial charge in [0.25, 0.3) is 5.91 Å². The summed E-state index contributed by atoms with van der Waals surface area (Å²) in [7, 11) is 0. The molecule has 5 nitrogen and oxygen atoms in total. The van der Waals surface area contributed by atoms with E-state index >= 15 is 0 Å². The summed E-state index contributed by atoms with van der Waals surface area (Å²) in [5, 5.41) is 2.91. The number of nitrogens with zero attached hydrogens (tertiary/aromatic N) is 3. The predicted octanol–water partition coefficient (Wildman–Crippen LogP) is 3.03. The van der Waals surface area contributed by atoms with Crippen molar-refractivity contribution >= 4 is 11.6 Å². The second-order valence-electron chi connectivity index (χ2n) is 5.46. The van der Waals surface area contributed by atoms with Crippen LogP contribution in [0.3, 0.4) is 0 Å². The van der Waals surface area contributed by atoms with Gasteiger partial charge in [0.15, 0.2) is 0 Å². The minimum absolute atomic E-state index is 0.115. The lowest BCUT2D eigenvalue weighted by Crippen LogP contribution is -2.26. The van der Waals surface area contributed by atoms with Gasteiger partial charge in [0.1, 0.15) is 0 Å². The third kappa shape index (κ3) is 5.06. The minimum Gasteiger partial charge on any atom is -0.370 e. The first kappa shape index (κ1) is 16.9. The largest absolute Gasteiger partial charge is 0.370 e. The van der Waals surface area contributed by atoms with Crippen molar-refractivity contribution in [2.24, 2.45) is 0 Å². The minimum atomic E-state index is -0.115. The molecule has 0 unspecified atom stereocenters. The Morgan fingerprint density at radius 3 is 2.57 bits per heavy atom. The normalized spacial score (nSPS) is 10.3. The van der Waals surface area contributed by atoms with E-state index in [2.05, 4.69) is 34.0 Å². The Bertz CT molecular complexity index is 609. The van der Waals surface area contributed by atoms with Gasteiger partial charge in [-0.15, -0.1) is 0 Å². The van der Waals surface area contributed by atoms with Crippen molar-refractivity contribution in [3.8, 4) is 0 Å². The Kier molecular flexibility index (Phi) is 6.54. The van der Waals surface area contributed by atoms with Gasteiger partial charge in [0.05, 0.1) is 17.4 Å². The van der Waals surface area contributed by atoms with Crippen LogP contribution < -0.4 is 10.2 Å². The van der Waals surface area contributed by atoms with Gasteiger partial charge in [-0.2, -0.15) is 0 Å². The summed E-state index contributed by atoms with van der Waals surface area (Å²) in [6.07, 6.45) is 9.03. The monoisotopic (exact) mass is 312 g/mol. The van der Waals surface area contributed by atoms with Crippen LogP contribution in [0, 0.1) is 0 Å². The fraction of sp³-hybridized carbons (Fsp3) is 0.389. The lowest BCUT2D eigenvalue weighted by Gasteiger charge is -2.23. The quantitative estimate of drug-likeness (QED) is 0.814. The Morgan fingerprint density at radius 2 is 1.91 bits per heavy atom. The third-order valence-electron chi connectivity index (χ3n) is 3.51. The molecule has 0 aliphatic carbocycles. The van der Waals surface area contributed by atoms with Crippen molar-refractivity contribution in [3.05, 3.63) is 54.1 Å². The third-order valence-corrected chi connectivity index (χ3v) is 3.51. The molecule has 2 aromatic heterocycles. The highest BCUT2D eigenvalue weighted by Crippen LogP contribution is 2.15. The average molecular weight is 312 g/mol. The van der Waals surface area contributed by atoms with Crippen molar-refractivity contribution in [2.75, 3.05) is 18.0 Å². The average Bonchev–Trinajstić information content (AvgIpc) is 2.60. The lowest BCUT2D eigenvalue weighted by atomic mass is 10.2. The molecule has 0 bridgehead atoms. The van der Waals surface area contributed by atoms with Gasteiger partial charge in [0.2, 0.25) is 0 Å². The van der Waals surface area contributed by atoms with Gasteiger partial charge < -0.3 is 10.2 Å². The van der Waals surface area contributed by atoms with Gasteiger partial charge in [-0.25, -0.2) is 0 Å². The summed E-state index contributed by atoms with van der Waals surface area (Å²) < 4.78 is 0. The summed E-state index contributed by atoms with van der Waals surface area (Å²) in [6.45, 7) is 6.71. The molecule has 122 valence electrons. The number of carbonyl (C=O) groups is 1. The van der Waals surface area contributed by atoms with E-state index < -0.39 is 0 Å². The molecule has 2 rings (SSSR count). The molecule has 2 aromatic rings. The lowest BCUT2D eigenvalue weighted by molar-refractivity contribution is 0.0950. The number of hydrogen-bond donors (Lipinski definition) is 1. The van der Waals surface area contributed by atoms with Gasteiger partial charge >= 0.3 is 0 Å². The first-order valence-electron chi connectivity index (χ1n) is 8.11. The van der Waals surface area contributed by atoms with E-state index in [0.717, 1.165) is 37.2 Å². The second-order valence-corrected chi connectivity index (χ2v) is 5.46. The van der Waals surface area contributed by atoms with Crippen LogP contribution in [0.4, 0.5) is 5.69 Å².